The molecule has 140 valence electrons. The third kappa shape index (κ3) is 3.03. The molecule has 6 heteroatoms. The Hall–Kier alpha value is -3.54. The summed E-state index contributed by atoms with van der Waals surface area (Å²) in [6.45, 7) is 4.37. The number of anilines is 1. The summed E-state index contributed by atoms with van der Waals surface area (Å²) in [7, 11) is 0. The van der Waals surface area contributed by atoms with E-state index in [0.717, 1.165) is 11.1 Å². The third-order valence-corrected chi connectivity index (χ3v) is 4.99. The van der Waals surface area contributed by atoms with E-state index in [1.807, 2.05) is 50.2 Å². The number of hydrogen-bond acceptors (Lipinski definition) is 4. The largest absolute Gasteiger partial charge is 0.348 e. The minimum Gasteiger partial charge on any atom is -0.348 e. The van der Waals surface area contributed by atoms with E-state index in [1.165, 1.54) is 6.20 Å². The number of hydrogen-bond donors (Lipinski definition) is 1. The van der Waals surface area contributed by atoms with Gasteiger partial charge in [-0.2, -0.15) is 0 Å². The van der Waals surface area contributed by atoms with Gasteiger partial charge in [0.2, 0.25) is 0 Å². The molecule has 0 atom stereocenters. The van der Waals surface area contributed by atoms with Gasteiger partial charge in [-0.25, -0.2) is 4.98 Å². The maximum absolute atomic E-state index is 12.9. The molecule has 0 saturated carbocycles. The van der Waals surface area contributed by atoms with Crippen LogP contribution >= 0.6 is 0 Å². The van der Waals surface area contributed by atoms with E-state index in [2.05, 4.69) is 15.3 Å². The van der Waals surface area contributed by atoms with E-state index in [9.17, 15) is 9.59 Å². The van der Waals surface area contributed by atoms with Crippen LogP contribution in [-0.2, 0) is 12.1 Å². The van der Waals surface area contributed by atoms with Crippen LogP contribution in [0.1, 0.15) is 45.7 Å². The molecule has 0 bridgehead atoms. The molecule has 1 aliphatic rings. The van der Waals surface area contributed by atoms with Gasteiger partial charge < -0.3 is 5.32 Å². The van der Waals surface area contributed by atoms with Crippen LogP contribution in [0.2, 0.25) is 0 Å². The predicted octanol–water partition coefficient (Wildman–Crippen LogP) is 3.30. The molecule has 0 fully saturated rings. The first kappa shape index (κ1) is 17.9. The van der Waals surface area contributed by atoms with Crippen molar-refractivity contribution in [2.45, 2.75) is 25.9 Å². The minimum absolute atomic E-state index is 0.0502. The summed E-state index contributed by atoms with van der Waals surface area (Å²) in [5.74, 6) is 0.350. The van der Waals surface area contributed by atoms with Crippen molar-refractivity contribution in [2.24, 2.45) is 0 Å². The van der Waals surface area contributed by atoms with Gasteiger partial charge in [0.05, 0.1) is 11.1 Å². The van der Waals surface area contributed by atoms with E-state index in [1.54, 1.807) is 29.4 Å². The topological polar surface area (TPSA) is 75.2 Å². The second-order valence-corrected chi connectivity index (χ2v) is 7.19. The average Bonchev–Trinajstić information content (AvgIpc) is 2.93. The fourth-order valence-electron chi connectivity index (χ4n) is 3.52. The highest BCUT2D eigenvalue weighted by Gasteiger charge is 2.44. The van der Waals surface area contributed by atoms with Crippen molar-refractivity contribution < 1.29 is 9.59 Å². The zero-order valence-corrected chi connectivity index (χ0v) is 15.7. The molecule has 2 aromatic heterocycles. The molecule has 1 N–H and O–H groups in total. The maximum Gasteiger partial charge on any atom is 0.260 e. The number of amides is 2. The molecule has 0 saturated heterocycles. The van der Waals surface area contributed by atoms with Gasteiger partial charge in [-0.1, -0.05) is 24.3 Å². The Morgan fingerprint density at radius 3 is 2.57 bits per heavy atom. The fraction of sp³-hybridized carbons (Fsp3) is 0.182. The molecular formula is C22H20N4O2. The fourth-order valence-corrected chi connectivity index (χ4v) is 3.52. The highest BCUT2D eigenvalue weighted by molar-refractivity contribution is 6.11. The van der Waals surface area contributed by atoms with Gasteiger partial charge in [0.25, 0.3) is 11.8 Å². The molecule has 3 aromatic rings. The number of carbonyl (C=O) groups is 2. The number of benzene rings is 1. The quantitative estimate of drug-likeness (QED) is 0.762. The number of nitrogens with one attached hydrogen (secondary N) is 1. The lowest BCUT2D eigenvalue weighted by Gasteiger charge is -2.31. The van der Waals surface area contributed by atoms with E-state index >= 15 is 0 Å². The minimum atomic E-state index is -0.475. The van der Waals surface area contributed by atoms with Crippen LogP contribution in [0.25, 0.3) is 0 Å². The first-order chi connectivity index (χ1) is 13.5. The summed E-state index contributed by atoms with van der Waals surface area (Å²) in [5, 5.41) is 2.84. The van der Waals surface area contributed by atoms with Crippen LogP contribution < -0.4 is 10.2 Å². The van der Waals surface area contributed by atoms with Crippen LogP contribution in [0.5, 0.6) is 0 Å². The zero-order chi connectivity index (χ0) is 19.7. The molecule has 0 aliphatic carbocycles. The summed E-state index contributed by atoms with van der Waals surface area (Å²) in [5.41, 5.74) is 2.59. The second-order valence-electron chi connectivity index (χ2n) is 7.19. The highest BCUT2D eigenvalue weighted by atomic mass is 16.2. The lowest BCUT2D eigenvalue weighted by Crippen LogP contribution is -2.39. The molecule has 6 nitrogen and oxygen atoms in total. The van der Waals surface area contributed by atoms with Crippen molar-refractivity contribution in [3.8, 4) is 0 Å². The molecule has 28 heavy (non-hydrogen) atoms. The van der Waals surface area contributed by atoms with Crippen molar-refractivity contribution in [3.05, 3.63) is 89.4 Å². The Balaban J connectivity index is 1.50. The summed E-state index contributed by atoms with van der Waals surface area (Å²) in [6.07, 6.45) is 4.83. The summed E-state index contributed by atoms with van der Waals surface area (Å²) < 4.78 is 0. The molecule has 1 aromatic carbocycles. The highest BCUT2D eigenvalue weighted by Crippen LogP contribution is 2.40. The van der Waals surface area contributed by atoms with Crippen LogP contribution in [0.4, 0.5) is 5.82 Å². The van der Waals surface area contributed by atoms with Crippen LogP contribution in [0.3, 0.4) is 0 Å². The van der Waals surface area contributed by atoms with E-state index in [-0.39, 0.29) is 11.8 Å². The SMILES string of the molecule is CC1(C)c2ccccc2C(=O)N1c1ccc(CNC(=O)c2cccnc2)cn1. The van der Waals surface area contributed by atoms with Gasteiger partial charge >= 0.3 is 0 Å². The molecule has 4 rings (SSSR count). The van der Waals surface area contributed by atoms with Crippen molar-refractivity contribution in [1.82, 2.24) is 15.3 Å². The smallest absolute Gasteiger partial charge is 0.260 e. The van der Waals surface area contributed by atoms with Crippen LogP contribution in [-0.4, -0.2) is 21.8 Å². The molecule has 1 aliphatic heterocycles. The first-order valence-electron chi connectivity index (χ1n) is 9.06. The van der Waals surface area contributed by atoms with Crippen molar-refractivity contribution in [1.29, 1.82) is 0 Å². The number of rotatable bonds is 4. The number of carbonyl (C=O) groups excluding carboxylic acids is 2. The number of aromatic nitrogens is 2. The molecule has 0 unspecified atom stereocenters. The zero-order valence-electron chi connectivity index (χ0n) is 15.7. The van der Waals surface area contributed by atoms with Gasteiger partial charge in [-0.05, 0) is 49.2 Å². The van der Waals surface area contributed by atoms with E-state index < -0.39 is 5.54 Å². The van der Waals surface area contributed by atoms with Gasteiger partial charge in [-0.3, -0.25) is 19.5 Å². The summed E-state index contributed by atoms with van der Waals surface area (Å²) in [6, 6.07) is 14.8. The summed E-state index contributed by atoms with van der Waals surface area (Å²) >= 11 is 0. The van der Waals surface area contributed by atoms with Crippen molar-refractivity contribution in [2.75, 3.05) is 4.90 Å². The second kappa shape index (κ2) is 6.88. The standard InChI is InChI=1S/C22H20N4O2/c1-22(2)18-8-4-3-7-17(18)21(28)26(22)19-10-9-15(12-24-19)13-25-20(27)16-6-5-11-23-14-16/h3-12,14H,13H2,1-2H3,(H,25,27). The van der Waals surface area contributed by atoms with Crippen LogP contribution in [0.15, 0.2) is 67.1 Å². The molecule has 0 radical (unpaired) electrons. The lowest BCUT2D eigenvalue weighted by atomic mass is 9.94. The average molecular weight is 372 g/mol. The molecular weight excluding hydrogens is 352 g/mol. The summed E-state index contributed by atoms with van der Waals surface area (Å²) in [4.78, 5) is 35.2. The number of nitrogens with zero attached hydrogens (tertiary/aromatic N) is 3. The monoisotopic (exact) mass is 372 g/mol. The molecule has 2 amide bonds. The van der Waals surface area contributed by atoms with Gasteiger partial charge in [0.1, 0.15) is 5.82 Å². The maximum atomic E-state index is 12.9. The van der Waals surface area contributed by atoms with Crippen molar-refractivity contribution in [3.63, 3.8) is 0 Å². The van der Waals surface area contributed by atoms with Gasteiger partial charge in [0, 0.05) is 30.7 Å². The first-order valence-corrected chi connectivity index (χ1v) is 9.06. The molecule has 0 spiro atoms. The van der Waals surface area contributed by atoms with Crippen molar-refractivity contribution >= 4 is 17.6 Å². The van der Waals surface area contributed by atoms with E-state index in [4.69, 9.17) is 0 Å². The Labute approximate surface area is 163 Å². The Bertz CT molecular complexity index is 1030. The third-order valence-electron chi connectivity index (χ3n) is 4.99. The number of pyridine rings is 2. The molecule has 3 heterocycles. The van der Waals surface area contributed by atoms with Gasteiger partial charge in [0.15, 0.2) is 0 Å². The van der Waals surface area contributed by atoms with E-state index in [0.29, 0.717) is 23.5 Å². The lowest BCUT2D eigenvalue weighted by molar-refractivity contribution is 0.0948. The Morgan fingerprint density at radius 2 is 1.89 bits per heavy atom. The predicted molar refractivity (Wildman–Crippen MR) is 106 cm³/mol. The Morgan fingerprint density at radius 1 is 1.07 bits per heavy atom. The van der Waals surface area contributed by atoms with Crippen LogP contribution in [0, 0.1) is 0 Å². The van der Waals surface area contributed by atoms with Gasteiger partial charge in [-0.15, -0.1) is 0 Å². The normalized spacial score (nSPS) is 14.6. The number of fused-ring (bicyclic) bond motifs is 1. The Kier molecular flexibility index (Phi) is 4.39.